The average Bonchev–Trinajstić information content (AvgIpc) is 3.17. The second kappa shape index (κ2) is 10.9. The molecule has 3 N–H and O–H groups in total. The highest BCUT2D eigenvalue weighted by Crippen LogP contribution is 2.26. The zero-order chi connectivity index (χ0) is 22.3. The second-order valence-electron chi connectivity index (χ2n) is 8.07. The standard InChI is InChI=1S/C23H32N4O3S/c1-18(2)16-27(13-5-10-24)31(28,29)21-7-8-23-22(14-21)19(17-30-23)15-25-12-9-20-6-3-4-11-26-20/h3-4,6-8,11,14,17-18,25H,5,9-10,12-13,15-16,24H2,1-2H3. The number of furan rings is 1. The van der Waals surface area contributed by atoms with Crippen LogP contribution in [-0.4, -0.2) is 43.9 Å². The highest BCUT2D eigenvalue weighted by atomic mass is 32.2. The number of hydrogen-bond donors (Lipinski definition) is 2. The number of pyridine rings is 1. The second-order valence-corrected chi connectivity index (χ2v) is 10.0. The molecule has 0 unspecified atom stereocenters. The number of nitrogens with zero attached hydrogens (tertiary/aromatic N) is 2. The molecule has 0 fully saturated rings. The molecule has 1 aromatic carbocycles. The zero-order valence-corrected chi connectivity index (χ0v) is 19.1. The molecule has 0 spiro atoms. The molecular formula is C23H32N4O3S. The minimum atomic E-state index is -3.61. The van der Waals surface area contributed by atoms with Crippen molar-refractivity contribution in [3.05, 3.63) is 60.1 Å². The van der Waals surface area contributed by atoms with Crippen LogP contribution in [0.15, 0.2) is 58.2 Å². The van der Waals surface area contributed by atoms with Crippen LogP contribution in [0, 0.1) is 5.92 Å². The topological polar surface area (TPSA) is 101 Å². The first kappa shape index (κ1) is 23.4. The van der Waals surface area contributed by atoms with E-state index in [1.54, 1.807) is 30.7 Å². The molecule has 0 saturated heterocycles. The molecule has 31 heavy (non-hydrogen) atoms. The summed E-state index contributed by atoms with van der Waals surface area (Å²) >= 11 is 0. The lowest BCUT2D eigenvalue weighted by atomic mass is 10.2. The van der Waals surface area contributed by atoms with Gasteiger partial charge in [0.15, 0.2) is 0 Å². The van der Waals surface area contributed by atoms with E-state index in [-0.39, 0.29) is 10.8 Å². The molecular weight excluding hydrogens is 412 g/mol. The maximum absolute atomic E-state index is 13.3. The van der Waals surface area contributed by atoms with Crippen molar-refractivity contribution in [3.8, 4) is 0 Å². The van der Waals surface area contributed by atoms with Gasteiger partial charge in [0.2, 0.25) is 10.0 Å². The van der Waals surface area contributed by atoms with Crippen molar-refractivity contribution < 1.29 is 12.8 Å². The van der Waals surface area contributed by atoms with Crippen molar-refractivity contribution in [2.24, 2.45) is 11.7 Å². The molecule has 2 heterocycles. The van der Waals surface area contributed by atoms with Gasteiger partial charge in [-0.2, -0.15) is 4.31 Å². The van der Waals surface area contributed by atoms with Crippen molar-refractivity contribution in [3.63, 3.8) is 0 Å². The number of aromatic nitrogens is 1. The van der Waals surface area contributed by atoms with Crippen LogP contribution in [0.4, 0.5) is 0 Å². The number of fused-ring (bicyclic) bond motifs is 1. The highest BCUT2D eigenvalue weighted by molar-refractivity contribution is 7.89. The van der Waals surface area contributed by atoms with Gasteiger partial charge in [-0.15, -0.1) is 0 Å². The highest BCUT2D eigenvalue weighted by Gasteiger charge is 2.25. The van der Waals surface area contributed by atoms with Crippen molar-refractivity contribution in [1.82, 2.24) is 14.6 Å². The Morgan fingerprint density at radius 1 is 1.23 bits per heavy atom. The maximum Gasteiger partial charge on any atom is 0.243 e. The number of nitrogens with one attached hydrogen (secondary N) is 1. The smallest absolute Gasteiger partial charge is 0.243 e. The number of nitrogens with two attached hydrogens (primary N) is 1. The van der Waals surface area contributed by atoms with Gasteiger partial charge in [-0.1, -0.05) is 19.9 Å². The largest absolute Gasteiger partial charge is 0.464 e. The molecule has 168 valence electrons. The summed E-state index contributed by atoms with van der Waals surface area (Å²) in [5, 5.41) is 4.20. The minimum absolute atomic E-state index is 0.226. The third kappa shape index (κ3) is 6.13. The molecule has 2 aromatic heterocycles. The van der Waals surface area contributed by atoms with Crippen LogP contribution in [0.1, 0.15) is 31.5 Å². The lowest BCUT2D eigenvalue weighted by molar-refractivity contribution is 0.364. The van der Waals surface area contributed by atoms with Crippen LogP contribution >= 0.6 is 0 Å². The SMILES string of the molecule is CC(C)CN(CCCN)S(=O)(=O)c1ccc2occ(CNCCc3ccccn3)c2c1. The van der Waals surface area contributed by atoms with Gasteiger partial charge in [0.1, 0.15) is 5.58 Å². The lowest BCUT2D eigenvalue weighted by Gasteiger charge is -2.24. The number of benzene rings is 1. The van der Waals surface area contributed by atoms with Crippen molar-refractivity contribution >= 4 is 21.0 Å². The fourth-order valence-electron chi connectivity index (χ4n) is 3.48. The molecule has 0 saturated carbocycles. The summed E-state index contributed by atoms with van der Waals surface area (Å²) in [6, 6.07) is 11.0. The number of sulfonamides is 1. The molecule has 0 amide bonds. The summed E-state index contributed by atoms with van der Waals surface area (Å²) in [7, 11) is -3.61. The van der Waals surface area contributed by atoms with Crippen molar-refractivity contribution in [1.29, 1.82) is 0 Å². The average molecular weight is 445 g/mol. The summed E-state index contributed by atoms with van der Waals surface area (Å²) in [5.74, 6) is 0.226. The van der Waals surface area contributed by atoms with E-state index in [0.717, 1.165) is 29.6 Å². The van der Waals surface area contributed by atoms with E-state index in [4.69, 9.17) is 10.2 Å². The fourth-order valence-corrected chi connectivity index (χ4v) is 5.15. The van der Waals surface area contributed by atoms with Gasteiger partial charge in [0.05, 0.1) is 11.2 Å². The van der Waals surface area contributed by atoms with Gasteiger partial charge >= 0.3 is 0 Å². The Balaban J connectivity index is 1.74. The van der Waals surface area contributed by atoms with E-state index in [2.05, 4.69) is 10.3 Å². The summed E-state index contributed by atoms with van der Waals surface area (Å²) in [5.41, 5.74) is 8.27. The molecule has 0 bridgehead atoms. The molecule has 0 radical (unpaired) electrons. The maximum atomic E-state index is 13.3. The van der Waals surface area contributed by atoms with Crippen LogP contribution in [0.2, 0.25) is 0 Å². The van der Waals surface area contributed by atoms with Crippen molar-refractivity contribution in [2.75, 3.05) is 26.2 Å². The predicted molar refractivity (Wildman–Crippen MR) is 123 cm³/mol. The summed E-state index contributed by atoms with van der Waals surface area (Å²) < 4.78 is 33.8. The first-order chi connectivity index (χ1) is 14.9. The predicted octanol–water partition coefficient (Wildman–Crippen LogP) is 3.16. The molecule has 0 aliphatic rings. The van der Waals surface area contributed by atoms with E-state index >= 15 is 0 Å². The first-order valence-electron chi connectivity index (χ1n) is 10.7. The monoisotopic (exact) mass is 444 g/mol. The van der Waals surface area contributed by atoms with Crippen LogP contribution in [0.3, 0.4) is 0 Å². The summed E-state index contributed by atoms with van der Waals surface area (Å²) in [6.45, 7) is 6.72. The fraction of sp³-hybridized carbons (Fsp3) is 0.435. The Labute approximate surface area is 184 Å². The van der Waals surface area contributed by atoms with E-state index in [9.17, 15) is 8.42 Å². The third-order valence-corrected chi connectivity index (χ3v) is 6.90. The Kier molecular flexibility index (Phi) is 8.20. The minimum Gasteiger partial charge on any atom is -0.464 e. The van der Waals surface area contributed by atoms with Gasteiger partial charge in [-0.25, -0.2) is 8.42 Å². The number of rotatable bonds is 12. The van der Waals surface area contributed by atoms with E-state index in [0.29, 0.717) is 38.2 Å². The van der Waals surface area contributed by atoms with Gasteiger partial charge in [0, 0.05) is 55.4 Å². The van der Waals surface area contributed by atoms with Gasteiger partial charge < -0.3 is 15.5 Å². The molecule has 0 aliphatic heterocycles. The van der Waals surface area contributed by atoms with Crippen LogP contribution in [0.25, 0.3) is 11.0 Å². The zero-order valence-electron chi connectivity index (χ0n) is 18.3. The summed E-state index contributed by atoms with van der Waals surface area (Å²) in [6.07, 6.45) is 4.93. The lowest BCUT2D eigenvalue weighted by Crippen LogP contribution is -2.35. The van der Waals surface area contributed by atoms with E-state index in [1.165, 1.54) is 4.31 Å². The van der Waals surface area contributed by atoms with Crippen molar-refractivity contribution in [2.45, 2.75) is 38.1 Å². The van der Waals surface area contributed by atoms with Crippen LogP contribution < -0.4 is 11.1 Å². The Bertz CT molecular complexity index is 1060. The Morgan fingerprint density at radius 3 is 2.77 bits per heavy atom. The Hall–Kier alpha value is -2.26. The molecule has 7 nitrogen and oxygen atoms in total. The molecule has 0 atom stereocenters. The molecule has 3 aromatic rings. The summed E-state index contributed by atoms with van der Waals surface area (Å²) in [4.78, 5) is 4.61. The van der Waals surface area contributed by atoms with E-state index < -0.39 is 10.0 Å². The molecule has 8 heteroatoms. The quantitative estimate of drug-likeness (QED) is 0.416. The van der Waals surface area contributed by atoms with Gasteiger partial charge in [-0.05, 0) is 49.2 Å². The van der Waals surface area contributed by atoms with Gasteiger partial charge in [-0.3, -0.25) is 4.98 Å². The first-order valence-corrected chi connectivity index (χ1v) is 12.2. The molecule has 0 aliphatic carbocycles. The Morgan fingerprint density at radius 2 is 2.06 bits per heavy atom. The van der Waals surface area contributed by atoms with Crippen LogP contribution in [0.5, 0.6) is 0 Å². The number of hydrogen-bond acceptors (Lipinski definition) is 6. The normalized spacial score (nSPS) is 12.3. The van der Waals surface area contributed by atoms with Gasteiger partial charge in [0.25, 0.3) is 0 Å². The van der Waals surface area contributed by atoms with Crippen LogP contribution in [-0.2, 0) is 23.0 Å². The van der Waals surface area contributed by atoms with E-state index in [1.807, 2.05) is 32.0 Å². The third-order valence-electron chi connectivity index (χ3n) is 5.04. The molecule has 3 rings (SSSR count).